The highest BCUT2D eigenvalue weighted by molar-refractivity contribution is 5.77. The second-order valence-electron chi connectivity index (χ2n) is 5.07. The summed E-state index contributed by atoms with van der Waals surface area (Å²) in [5, 5.41) is 17.9. The Morgan fingerprint density at radius 3 is 2.52 bits per heavy atom. The van der Waals surface area contributed by atoms with Crippen LogP contribution in [0.1, 0.15) is 5.69 Å². The smallest absolute Gasteiger partial charge is 0.333 e. The van der Waals surface area contributed by atoms with Gasteiger partial charge in [0.25, 0.3) is 0 Å². The number of piperazine rings is 1. The summed E-state index contributed by atoms with van der Waals surface area (Å²) in [6, 6.07) is 0. The number of amides is 1. The minimum Gasteiger partial charge on any atom is -0.358 e. The number of carbonyl (C=O) groups excluding carboxylic acids is 1. The molecule has 0 aromatic carbocycles. The largest absolute Gasteiger partial charge is 0.358 e. The van der Waals surface area contributed by atoms with E-state index in [0.29, 0.717) is 44.2 Å². The summed E-state index contributed by atoms with van der Waals surface area (Å²) in [4.78, 5) is 26.2. The molecule has 0 aliphatic carbocycles. The zero-order chi connectivity index (χ0) is 15.6. The minimum atomic E-state index is -0.380. The highest BCUT2D eigenvalue weighted by Crippen LogP contribution is 2.31. The fourth-order valence-corrected chi connectivity index (χ4v) is 2.60. The average Bonchev–Trinajstić information content (AvgIpc) is 2.74. The topological polar surface area (TPSA) is 96.5 Å². The number of nitro groups is 1. The van der Waals surface area contributed by atoms with E-state index in [0.717, 1.165) is 0 Å². The van der Waals surface area contributed by atoms with Gasteiger partial charge < -0.3 is 10.2 Å². The van der Waals surface area contributed by atoms with Crippen molar-refractivity contribution in [1.29, 1.82) is 0 Å². The number of likely N-dealkylation sites (N-methyl/N-ethyl adjacent to an activating group) is 1. The van der Waals surface area contributed by atoms with E-state index in [1.165, 1.54) is 0 Å². The fraction of sp³-hybridized carbons (Fsp3) is 0.667. The molecule has 1 aliphatic heterocycles. The molecule has 1 amide bonds. The highest BCUT2D eigenvalue weighted by Gasteiger charge is 2.30. The van der Waals surface area contributed by atoms with Crippen LogP contribution in [0.5, 0.6) is 0 Å². The van der Waals surface area contributed by atoms with Gasteiger partial charge in [0.15, 0.2) is 0 Å². The summed E-state index contributed by atoms with van der Waals surface area (Å²) in [6.45, 7) is 4.65. The van der Waals surface area contributed by atoms with Gasteiger partial charge in [0.2, 0.25) is 11.7 Å². The molecule has 2 heterocycles. The van der Waals surface area contributed by atoms with Gasteiger partial charge in [-0.2, -0.15) is 5.10 Å². The maximum Gasteiger partial charge on any atom is 0.333 e. The Morgan fingerprint density at radius 1 is 1.38 bits per heavy atom. The van der Waals surface area contributed by atoms with Crippen LogP contribution in [0.4, 0.5) is 11.5 Å². The molecule has 0 radical (unpaired) electrons. The number of anilines is 1. The number of nitrogens with zero attached hydrogens (tertiary/aromatic N) is 5. The number of nitrogens with one attached hydrogen (secondary N) is 1. The number of hydrogen-bond acceptors (Lipinski definition) is 6. The molecule has 116 valence electrons. The number of aryl methyl sites for hydroxylation is 2. The first-order valence-electron chi connectivity index (χ1n) is 6.80. The molecule has 0 spiro atoms. The van der Waals surface area contributed by atoms with Crippen LogP contribution in [0, 0.1) is 17.0 Å². The zero-order valence-electron chi connectivity index (χ0n) is 12.5. The summed E-state index contributed by atoms with van der Waals surface area (Å²) in [5.74, 6) is 0.517. The van der Waals surface area contributed by atoms with Crippen molar-refractivity contribution in [2.45, 2.75) is 6.92 Å². The zero-order valence-corrected chi connectivity index (χ0v) is 12.5. The van der Waals surface area contributed by atoms with Crippen LogP contribution in [-0.2, 0) is 11.8 Å². The van der Waals surface area contributed by atoms with E-state index in [2.05, 4.69) is 10.4 Å². The Morgan fingerprint density at radius 2 is 2.00 bits per heavy atom. The van der Waals surface area contributed by atoms with E-state index in [1.54, 1.807) is 25.7 Å². The second kappa shape index (κ2) is 6.08. The third kappa shape index (κ3) is 3.13. The first-order valence-corrected chi connectivity index (χ1v) is 6.80. The standard InChI is InChI=1S/C12H20N6O3/c1-9-11(18(20)21)12(15(3)14-9)17-6-4-16(5-7-17)8-10(19)13-2/h4-8H2,1-3H3,(H,13,19). The molecule has 1 saturated heterocycles. The van der Waals surface area contributed by atoms with Gasteiger partial charge in [-0.3, -0.25) is 19.8 Å². The summed E-state index contributed by atoms with van der Waals surface area (Å²) in [7, 11) is 3.33. The highest BCUT2D eigenvalue weighted by atomic mass is 16.6. The van der Waals surface area contributed by atoms with Crippen molar-refractivity contribution in [3.05, 3.63) is 15.8 Å². The third-order valence-electron chi connectivity index (χ3n) is 3.66. The molecular formula is C12H20N6O3. The van der Waals surface area contributed by atoms with Gasteiger partial charge in [-0.05, 0) is 6.92 Å². The van der Waals surface area contributed by atoms with Crippen LogP contribution in [0.3, 0.4) is 0 Å². The molecule has 1 N–H and O–H groups in total. The molecule has 1 aromatic rings. The molecular weight excluding hydrogens is 276 g/mol. The van der Waals surface area contributed by atoms with Gasteiger partial charge in [-0.25, -0.2) is 4.68 Å². The van der Waals surface area contributed by atoms with Crippen LogP contribution in [0.15, 0.2) is 0 Å². The van der Waals surface area contributed by atoms with Crippen molar-refractivity contribution in [3.63, 3.8) is 0 Å². The summed E-state index contributed by atoms with van der Waals surface area (Å²) in [5.41, 5.74) is 0.488. The molecule has 2 rings (SSSR count). The van der Waals surface area contributed by atoms with E-state index in [9.17, 15) is 14.9 Å². The lowest BCUT2D eigenvalue weighted by Crippen LogP contribution is -2.49. The Labute approximate surface area is 122 Å². The number of hydrogen-bond donors (Lipinski definition) is 1. The first kappa shape index (κ1) is 15.2. The monoisotopic (exact) mass is 296 g/mol. The van der Waals surface area contributed by atoms with Crippen LogP contribution >= 0.6 is 0 Å². The third-order valence-corrected chi connectivity index (χ3v) is 3.66. The van der Waals surface area contributed by atoms with Crippen LogP contribution < -0.4 is 10.2 Å². The van der Waals surface area contributed by atoms with Crippen molar-refractivity contribution in [2.75, 3.05) is 44.7 Å². The summed E-state index contributed by atoms with van der Waals surface area (Å²) >= 11 is 0. The molecule has 9 heteroatoms. The van der Waals surface area contributed by atoms with Gasteiger partial charge in [0.05, 0.1) is 11.5 Å². The Kier molecular flexibility index (Phi) is 4.41. The van der Waals surface area contributed by atoms with Crippen LogP contribution in [0.25, 0.3) is 0 Å². The minimum absolute atomic E-state index is 0.0224. The molecule has 21 heavy (non-hydrogen) atoms. The van der Waals surface area contributed by atoms with Crippen LogP contribution in [0.2, 0.25) is 0 Å². The first-order chi connectivity index (χ1) is 9.93. The van der Waals surface area contributed by atoms with Gasteiger partial charge in [0.1, 0.15) is 5.69 Å². The molecule has 1 aliphatic rings. The molecule has 0 saturated carbocycles. The van der Waals surface area contributed by atoms with Crippen molar-refractivity contribution >= 4 is 17.4 Å². The van der Waals surface area contributed by atoms with Gasteiger partial charge >= 0.3 is 5.69 Å². The van der Waals surface area contributed by atoms with Gasteiger partial charge in [-0.1, -0.05) is 0 Å². The lowest BCUT2D eigenvalue weighted by atomic mass is 10.3. The maximum absolute atomic E-state index is 11.4. The van der Waals surface area contributed by atoms with Crippen molar-refractivity contribution in [2.24, 2.45) is 7.05 Å². The van der Waals surface area contributed by atoms with Gasteiger partial charge in [0, 0.05) is 40.3 Å². The molecule has 1 aromatic heterocycles. The molecule has 1 fully saturated rings. The van der Waals surface area contributed by atoms with Crippen molar-refractivity contribution in [1.82, 2.24) is 20.0 Å². The SMILES string of the molecule is CNC(=O)CN1CCN(c2c([N+](=O)[O-])c(C)nn2C)CC1. The Hall–Kier alpha value is -2.16. The van der Waals surface area contributed by atoms with E-state index >= 15 is 0 Å². The van der Waals surface area contributed by atoms with Crippen molar-refractivity contribution in [3.8, 4) is 0 Å². The summed E-state index contributed by atoms with van der Waals surface area (Å²) in [6.07, 6.45) is 0. The summed E-state index contributed by atoms with van der Waals surface area (Å²) < 4.78 is 1.56. The van der Waals surface area contributed by atoms with Crippen molar-refractivity contribution < 1.29 is 9.72 Å². The lowest BCUT2D eigenvalue weighted by Gasteiger charge is -2.34. The van der Waals surface area contributed by atoms with Crippen LogP contribution in [-0.4, -0.2) is 65.3 Å². The second-order valence-corrected chi connectivity index (χ2v) is 5.07. The van der Waals surface area contributed by atoms with E-state index in [4.69, 9.17) is 0 Å². The average molecular weight is 296 g/mol. The predicted molar refractivity (Wildman–Crippen MR) is 77.3 cm³/mol. The quantitative estimate of drug-likeness (QED) is 0.594. The molecule has 0 bridgehead atoms. The Bertz CT molecular complexity index is 547. The van der Waals surface area contributed by atoms with Gasteiger partial charge in [-0.15, -0.1) is 0 Å². The molecule has 9 nitrogen and oxygen atoms in total. The molecule has 0 unspecified atom stereocenters. The normalized spacial score (nSPS) is 16.0. The molecule has 0 atom stereocenters. The predicted octanol–water partition coefficient (Wildman–Crippen LogP) is -0.495. The Balaban J connectivity index is 2.09. The fourth-order valence-electron chi connectivity index (χ4n) is 2.60. The number of rotatable bonds is 4. The lowest BCUT2D eigenvalue weighted by molar-refractivity contribution is -0.384. The van der Waals surface area contributed by atoms with E-state index in [-0.39, 0.29) is 16.5 Å². The maximum atomic E-state index is 11.4. The number of carbonyl (C=O) groups is 1. The van der Waals surface area contributed by atoms with E-state index < -0.39 is 0 Å². The number of aromatic nitrogens is 2. The van der Waals surface area contributed by atoms with E-state index in [1.807, 2.05) is 9.80 Å².